The van der Waals surface area contributed by atoms with Gasteiger partial charge in [-0.15, -0.1) is 0 Å². The van der Waals surface area contributed by atoms with E-state index in [1.807, 2.05) is 11.9 Å². The van der Waals surface area contributed by atoms with Crippen molar-refractivity contribution in [1.82, 2.24) is 4.90 Å². The number of nitrogens with zero attached hydrogens (tertiary/aromatic N) is 1. The molecule has 0 bridgehead atoms. The zero-order valence-electron chi connectivity index (χ0n) is 11.8. The summed E-state index contributed by atoms with van der Waals surface area (Å²) in [5, 5.41) is 0. The molecule has 17 heavy (non-hydrogen) atoms. The van der Waals surface area contributed by atoms with Gasteiger partial charge in [0, 0.05) is 19.5 Å². The third kappa shape index (κ3) is 4.30. The summed E-state index contributed by atoms with van der Waals surface area (Å²) < 4.78 is 0. The molecule has 0 aromatic carbocycles. The number of hydrogen-bond donors (Lipinski definition) is 1. The molecule has 100 valence electrons. The molecule has 0 radical (unpaired) electrons. The molecule has 0 heterocycles. The van der Waals surface area contributed by atoms with E-state index in [-0.39, 0.29) is 11.3 Å². The first-order valence-electron chi connectivity index (χ1n) is 6.81. The summed E-state index contributed by atoms with van der Waals surface area (Å²) in [6.07, 6.45) is 5.41. The molecule has 2 N–H and O–H groups in total. The molecule has 3 nitrogen and oxygen atoms in total. The van der Waals surface area contributed by atoms with E-state index in [0.717, 1.165) is 6.42 Å². The lowest BCUT2D eigenvalue weighted by Crippen LogP contribution is -2.46. The van der Waals surface area contributed by atoms with Crippen LogP contribution in [0.1, 0.15) is 52.9 Å². The van der Waals surface area contributed by atoms with Crippen molar-refractivity contribution in [2.24, 2.45) is 17.1 Å². The van der Waals surface area contributed by atoms with Crippen LogP contribution in [0.2, 0.25) is 0 Å². The minimum atomic E-state index is 0.0677. The molecule has 1 aliphatic carbocycles. The second kappa shape index (κ2) is 5.85. The molecule has 1 aliphatic rings. The summed E-state index contributed by atoms with van der Waals surface area (Å²) in [4.78, 5) is 14.2. The molecule has 2 unspecified atom stereocenters. The van der Waals surface area contributed by atoms with Crippen LogP contribution in [-0.4, -0.2) is 30.4 Å². The Kier molecular flexibility index (Phi) is 4.99. The normalized spacial score (nSPS) is 25.7. The molecule has 0 aromatic rings. The highest BCUT2D eigenvalue weighted by atomic mass is 16.2. The summed E-state index contributed by atoms with van der Waals surface area (Å²) in [6.45, 7) is 7.04. The van der Waals surface area contributed by atoms with Crippen LogP contribution in [0.15, 0.2) is 0 Å². The summed E-state index contributed by atoms with van der Waals surface area (Å²) >= 11 is 0. The van der Waals surface area contributed by atoms with Crippen LogP contribution < -0.4 is 5.73 Å². The van der Waals surface area contributed by atoms with Gasteiger partial charge in [0.1, 0.15) is 0 Å². The Labute approximate surface area is 106 Å². The Morgan fingerprint density at radius 3 is 2.41 bits per heavy atom. The fraction of sp³-hybridized carbons (Fsp3) is 0.929. The zero-order chi connectivity index (χ0) is 13.1. The highest BCUT2D eigenvalue weighted by Crippen LogP contribution is 2.29. The summed E-state index contributed by atoms with van der Waals surface area (Å²) in [5.41, 5.74) is 5.89. The van der Waals surface area contributed by atoms with Crippen LogP contribution in [-0.2, 0) is 4.79 Å². The van der Waals surface area contributed by atoms with Crippen LogP contribution in [0.3, 0.4) is 0 Å². The van der Waals surface area contributed by atoms with E-state index >= 15 is 0 Å². The molecule has 2 atom stereocenters. The van der Waals surface area contributed by atoms with Gasteiger partial charge in [-0.25, -0.2) is 0 Å². The van der Waals surface area contributed by atoms with Gasteiger partial charge < -0.3 is 10.6 Å². The molecule has 3 heteroatoms. The average Bonchev–Trinajstić information content (AvgIpc) is 2.25. The van der Waals surface area contributed by atoms with E-state index in [0.29, 0.717) is 24.9 Å². The number of carbonyl (C=O) groups is 1. The highest BCUT2D eigenvalue weighted by molar-refractivity contribution is 5.76. The summed E-state index contributed by atoms with van der Waals surface area (Å²) in [7, 11) is 1.95. The Hall–Kier alpha value is -0.570. The minimum absolute atomic E-state index is 0.0677. The maximum Gasteiger partial charge on any atom is 0.223 e. The van der Waals surface area contributed by atoms with Crippen LogP contribution in [0, 0.1) is 11.3 Å². The number of nitrogens with two attached hydrogens (primary N) is 1. The Morgan fingerprint density at radius 1 is 1.29 bits per heavy atom. The van der Waals surface area contributed by atoms with Crippen molar-refractivity contribution in [3.05, 3.63) is 0 Å². The summed E-state index contributed by atoms with van der Waals surface area (Å²) in [5.74, 6) is 0.764. The van der Waals surface area contributed by atoms with Crippen molar-refractivity contribution in [3.63, 3.8) is 0 Å². The van der Waals surface area contributed by atoms with Gasteiger partial charge in [0.05, 0.1) is 0 Å². The quantitative estimate of drug-likeness (QED) is 0.823. The lowest BCUT2D eigenvalue weighted by molar-refractivity contribution is -0.135. The number of hydrogen-bond acceptors (Lipinski definition) is 2. The van der Waals surface area contributed by atoms with Crippen LogP contribution in [0.5, 0.6) is 0 Å². The first kappa shape index (κ1) is 14.5. The Balaban J connectivity index is 2.60. The zero-order valence-corrected chi connectivity index (χ0v) is 11.8. The van der Waals surface area contributed by atoms with Gasteiger partial charge in [-0.05, 0) is 30.7 Å². The second-order valence-electron chi connectivity index (χ2n) is 6.59. The smallest absolute Gasteiger partial charge is 0.223 e. The molecule has 1 fully saturated rings. The van der Waals surface area contributed by atoms with E-state index < -0.39 is 0 Å². The molecule has 1 rings (SSSR count). The fourth-order valence-corrected chi connectivity index (χ4v) is 2.74. The van der Waals surface area contributed by atoms with Gasteiger partial charge in [0.15, 0.2) is 0 Å². The van der Waals surface area contributed by atoms with Crippen molar-refractivity contribution in [3.8, 4) is 0 Å². The molecule has 1 amide bonds. The number of rotatable bonds is 3. The topological polar surface area (TPSA) is 46.3 Å². The van der Waals surface area contributed by atoms with Gasteiger partial charge in [-0.1, -0.05) is 33.6 Å². The van der Waals surface area contributed by atoms with E-state index in [2.05, 4.69) is 20.8 Å². The highest BCUT2D eigenvalue weighted by Gasteiger charge is 2.31. The lowest BCUT2D eigenvalue weighted by atomic mass is 9.83. The van der Waals surface area contributed by atoms with Crippen molar-refractivity contribution in [2.45, 2.75) is 58.9 Å². The van der Waals surface area contributed by atoms with Crippen molar-refractivity contribution < 1.29 is 4.79 Å². The molecule has 1 saturated carbocycles. The second-order valence-corrected chi connectivity index (χ2v) is 6.59. The molecule has 0 spiro atoms. The van der Waals surface area contributed by atoms with Crippen LogP contribution >= 0.6 is 0 Å². The number of amides is 1. The largest absolute Gasteiger partial charge is 0.342 e. The van der Waals surface area contributed by atoms with Crippen molar-refractivity contribution in [1.29, 1.82) is 0 Å². The third-order valence-corrected chi connectivity index (χ3v) is 3.74. The van der Waals surface area contributed by atoms with E-state index in [1.54, 1.807) is 0 Å². The molecule has 0 aliphatic heterocycles. The van der Waals surface area contributed by atoms with Gasteiger partial charge in [0.25, 0.3) is 0 Å². The monoisotopic (exact) mass is 240 g/mol. The maximum absolute atomic E-state index is 12.2. The standard InChI is InChI=1S/C14H28N2O/c1-14(2,3)9-13(17)16(4)12-8-6-5-7-11(12)10-15/h11-12H,5-10,15H2,1-4H3. The Morgan fingerprint density at radius 2 is 1.88 bits per heavy atom. The number of carbonyl (C=O) groups excluding carboxylic acids is 1. The predicted molar refractivity (Wildman–Crippen MR) is 71.6 cm³/mol. The first-order valence-corrected chi connectivity index (χ1v) is 6.81. The third-order valence-electron chi connectivity index (χ3n) is 3.74. The van der Waals surface area contributed by atoms with E-state index in [9.17, 15) is 4.79 Å². The lowest BCUT2D eigenvalue weighted by Gasteiger charge is -2.38. The van der Waals surface area contributed by atoms with E-state index in [1.165, 1.54) is 19.3 Å². The van der Waals surface area contributed by atoms with Gasteiger partial charge >= 0.3 is 0 Å². The molecular weight excluding hydrogens is 212 g/mol. The average molecular weight is 240 g/mol. The minimum Gasteiger partial charge on any atom is -0.342 e. The van der Waals surface area contributed by atoms with Gasteiger partial charge in [-0.3, -0.25) is 4.79 Å². The molecular formula is C14H28N2O. The fourth-order valence-electron chi connectivity index (χ4n) is 2.74. The van der Waals surface area contributed by atoms with Crippen molar-refractivity contribution in [2.75, 3.05) is 13.6 Å². The molecule has 0 saturated heterocycles. The summed E-state index contributed by atoms with van der Waals surface area (Å²) in [6, 6.07) is 0.364. The van der Waals surface area contributed by atoms with Crippen LogP contribution in [0.25, 0.3) is 0 Å². The SMILES string of the molecule is CN(C(=O)CC(C)(C)C)C1CCCCC1CN. The van der Waals surface area contributed by atoms with Gasteiger partial charge in [0.2, 0.25) is 5.91 Å². The maximum atomic E-state index is 12.2. The first-order chi connectivity index (χ1) is 7.85. The van der Waals surface area contributed by atoms with E-state index in [4.69, 9.17) is 5.73 Å². The molecule has 0 aromatic heterocycles. The predicted octanol–water partition coefficient (Wildman–Crippen LogP) is 2.40. The van der Waals surface area contributed by atoms with Gasteiger partial charge in [-0.2, -0.15) is 0 Å². The van der Waals surface area contributed by atoms with Crippen molar-refractivity contribution >= 4 is 5.91 Å². The Bertz CT molecular complexity index is 257. The van der Waals surface area contributed by atoms with Crippen LogP contribution in [0.4, 0.5) is 0 Å².